The van der Waals surface area contributed by atoms with Gasteiger partial charge in [0.2, 0.25) is 0 Å². The van der Waals surface area contributed by atoms with Crippen LogP contribution in [-0.4, -0.2) is 0 Å². The first-order valence-corrected chi connectivity index (χ1v) is 10.7. The molecule has 126 valence electrons. The smallest absolute Gasteiger partial charge is 0.0619 e. The molecule has 0 aliphatic rings. The van der Waals surface area contributed by atoms with Gasteiger partial charge in [0.1, 0.15) is 0 Å². The lowest BCUT2D eigenvalue weighted by atomic mass is 10.3. The predicted octanol–water partition coefficient (Wildman–Crippen LogP) is 6.01. The second kappa shape index (κ2) is 8.31. The Bertz CT molecular complexity index is 894. The zero-order valence-electron chi connectivity index (χ0n) is 14.3. The molecule has 0 saturated heterocycles. The first kappa shape index (κ1) is 17.0. The van der Waals surface area contributed by atoms with E-state index in [9.17, 15) is 0 Å². The van der Waals surface area contributed by atoms with E-state index >= 15 is 0 Å². The van der Waals surface area contributed by atoms with Crippen LogP contribution in [0.4, 0.5) is 0 Å². The maximum absolute atomic E-state index is 2.29. The van der Waals surface area contributed by atoms with Crippen molar-refractivity contribution in [1.82, 2.24) is 0 Å². The second-order valence-electron chi connectivity index (χ2n) is 5.87. The molecule has 0 aliphatic heterocycles. The van der Waals surface area contributed by atoms with E-state index in [1.165, 1.54) is 36.2 Å². The largest absolute Gasteiger partial charge is 0.166 e. The summed E-state index contributed by atoms with van der Waals surface area (Å²) in [6, 6.07) is 41.3. The van der Waals surface area contributed by atoms with Gasteiger partial charge in [0.25, 0.3) is 0 Å². The van der Waals surface area contributed by atoms with Gasteiger partial charge in [-0.15, -0.1) is 0 Å². The van der Waals surface area contributed by atoms with Crippen molar-refractivity contribution in [3.63, 3.8) is 0 Å². The minimum Gasteiger partial charge on any atom is -0.0619 e. The van der Waals surface area contributed by atoms with Crippen molar-refractivity contribution < 1.29 is 0 Å². The third-order valence-corrected chi connectivity index (χ3v) is 7.39. The summed E-state index contributed by atoms with van der Waals surface area (Å²) in [4.78, 5) is 6.71. The van der Waals surface area contributed by atoms with Crippen LogP contribution in [-0.2, 0) is 22.7 Å². The molecule has 0 heterocycles. The van der Waals surface area contributed by atoms with Crippen molar-refractivity contribution >= 4 is 22.7 Å². The van der Waals surface area contributed by atoms with Crippen molar-refractivity contribution in [2.45, 2.75) is 24.5 Å². The first-order chi connectivity index (χ1) is 12.9. The van der Waals surface area contributed by atoms with Crippen LogP contribution in [0, 0.1) is 0 Å². The Morgan fingerprint density at radius 1 is 0.385 bits per heavy atom. The van der Waals surface area contributed by atoms with Gasteiger partial charge in [-0.25, -0.2) is 0 Å². The molecule has 0 saturated carbocycles. The van der Waals surface area contributed by atoms with Crippen LogP contribution in [0.25, 0.3) is 0 Å². The first-order valence-electron chi connectivity index (χ1n) is 8.61. The average molecular weight is 373 g/mol. The van der Waals surface area contributed by atoms with Crippen molar-refractivity contribution in [2.24, 2.45) is 0 Å². The van der Waals surface area contributed by atoms with Gasteiger partial charge in [0.05, 0.1) is 10.9 Å². The molecule has 0 nitrogen and oxygen atoms in total. The van der Waals surface area contributed by atoms with Crippen LogP contribution in [0.15, 0.2) is 140 Å². The van der Waals surface area contributed by atoms with Crippen LogP contribution < -0.4 is 0 Å². The highest BCUT2D eigenvalue weighted by molar-refractivity contribution is 7.97. The molecule has 0 unspecified atom stereocenters. The fourth-order valence-electron chi connectivity index (χ4n) is 2.83. The van der Waals surface area contributed by atoms with Crippen LogP contribution in [0.5, 0.6) is 0 Å². The van der Waals surface area contributed by atoms with E-state index in [4.69, 9.17) is 0 Å². The van der Waals surface area contributed by atoms with Gasteiger partial charge in [0.15, 0.2) is 24.5 Å². The summed E-state index contributed by atoms with van der Waals surface area (Å²) in [7, 11) is -0.0725. The molecule has 0 atom stereocenters. The Hall–Kier alpha value is -2.42. The number of benzene rings is 4. The van der Waals surface area contributed by atoms with Crippen molar-refractivity contribution in [3.05, 3.63) is 115 Å². The summed E-state index contributed by atoms with van der Waals surface area (Å²) < 4.78 is 0. The minimum atomic E-state index is -0.0725. The second-order valence-corrected chi connectivity index (χ2v) is 9.16. The van der Waals surface area contributed by atoms with Gasteiger partial charge in [-0.05, 0) is 60.7 Å². The standard InChI is InChI=1S/C24H19S2/c1-4-10-20(11-5-1)25-21-16-18-24(19-17-21)26(22-12-6-2-7-13-22)23-14-8-3-9-15-23/h1-19H/q+1/p+1. The van der Waals surface area contributed by atoms with E-state index in [1.807, 2.05) is 0 Å². The molecule has 0 radical (unpaired) electrons. The van der Waals surface area contributed by atoms with Gasteiger partial charge in [-0.2, -0.15) is 0 Å². The summed E-state index contributed by atoms with van der Waals surface area (Å²) in [6.07, 6.45) is 0. The fraction of sp³-hybridized carbons (Fsp3) is 0. The highest BCUT2D eigenvalue weighted by atomic mass is 32.2. The minimum absolute atomic E-state index is 0.0725. The summed E-state index contributed by atoms with van der Waals surface area (Å²) in [5, 5.41) is 0. The molecule has 0 bridgehead atoms. The average Bonchev–Trinajstić information content (AvgIpc) is 2.72. The fourth-order valence-corrected chi connectivity index (χ4v) is 5.83. The van der Waals surface area contributed by atoms with E-state index in [0.717, 1.165) is 0 Å². The summed E-state index contributed by atoms with van der Waals surface area (Å²) in [5.74, 6) is 0. The van der Waals surface area contributed by atoms with E-state index in [1.54, 1.807) is 0 Å². The third kappa shape index (κ3) is 4.04. The van der Waals surface area contributed by atoms with E-state index in [-0.39, 0.29) is 10.9 Å². The predicted molar refractivity (Wildman–Crippen MR) is 113 cm³/mol. The van der Waals surface area contributed by atoms with Crippen LogP contribution >= 0.6 is 0 Å². The maximum Gasteiger partial charge on any atom is 0.166 e. The third-order valence-electron chi connectivity index (χ3n) is 4.04. The van der Waals surface area contributed by atoms with Gasteiger partial charge >= 0.3 is 0 Å². The molecule has 0 aliphatic carbocycles. The number of hydrogen-bond acceptors (Lipinski definition) is 0. The zero-order valence-corrected chi connectivity index (χ0v) is 16.0. The Balaban J connectivity index is 1.66. The van der Waals surface area contributed by atoms with Gasteiger partial charge in [-0.1, -0.05) is 54.6 Å². The van der Waals surface area contributed by atoms with Gasteiger partial charge in [-0.3, -0.25) is 0 Å². The summed E-state index contributed by atoms with van der Waals surface area (Å²) in [6.45, 7) is 0. The number of rotatable bonds is 5. The van der Waals surface area contributed by atoms with Crippen LogP contribution in [0.3, 0.4) is 0 Å². The molecule has 0 fully saturated rings. The molecule has 4 aromatic rings. The highest BCUT2D eigenvalue weighted by Gasteiger charge is 2.28. The molecule has 0 amide bonds. The van der Waals surface area contributed by atoms with Crippen molar-refractivity contribution in [2.75, 3.05) is 0 Å². The molecule has 26 heavy (non-hydrogen) atoms. The lowest BCUT2D eigenvalue weighted by Gasteiger charge is -2.07. The molecule has 0 spiro atoms. The normalized spacial score (nSPS) is 10.8. The van der Waals surface area contributed by atoms with Crippen molar-refractivity contribution in [1.29, 1.82) is 0 Å². The summed E-state index contributed by atoms with van der Waals surface area (Å²) >= 11 is 1.25. The monoisotopic (exact) mass is 372 g/mol. The zero-order chi connectivity index (χ0) is 17.6. The van der Waals surface area contributed by atoms with E-state index < -0.39 is 0 Å². The molecule has 0 aromatic heterocycles. The summed E-state index contributed by atoms with van der Waals surface area (Å²) in [5.41, 5.74) is 0. The van der Waals surface area contributed by atoms with Gasteiger partial charge < -0.3 is 0 Å². The highest BCUT2D eigenvalue weighted by Crippen LogP contribution is 2.31. The topological polar surface area (TPSA) is 0 Å². The van der Waals surface area contributed by atoms with E-state index in [2.05, 4.69) is 115 Å². The maximum atomic E-state index is 2.29. The SMILES string of the molecule is c1ccc([SH+]c2ccc([S+](c3ccccc3)c3ccccc3)cc2)cc1. The van der Waals surface area contributed by atoms with Crippen LogP contribution in [0.2, 0.25) is 0 Å². The molecule has 0 N–H and O–H groups in total. The van der Waals surface area contributed by atoms with Crippen LogP contribution in [0.1, 0.15) is 0 Å². The molecule has 2 heteroatoms. The Labute approximate surface area is 162 Å². The quantitative estimate of drug-likeness (QED) is 0.297. The number of thiol groups is 1. The molecular formula is C24H20S2+2. The molecule has 4 rings (SSSR count). The lowest BCUT2D eigenvalue weighted by Crippen LogP contribution is -2.04. The molecular weight excluding hydrogens is 352 g/mol. The van der Waals surface area contributed by atoms with E-state index in [0.29, 0.717) is 0 Å². The van der Waals surface area contributed by atoms with Gasteiger partial charge in [0, 0.05) is 11.8 Å². The van der Waals surface area contributed by atoms with Crippen molar-refractivity contribution in [3.8, 4) is 0 Å². The Morgan fingerprint density at radius 3 is 1.27 bits per heavy atom. The lowest BCUT2D eigenvalue weighted by molar-refractivity contribution is 1.28. The Kier molecular flexibility index (Phi) is 5.44. The Morgan fingerprint density at radius 2 is 0.769 bits per heavy atom. The molecule has 4 aromatic carbocycles. The number of hydrogen-bond donors (Lipinski definition) is 0.